The van der Waals surface area contributed by atoms with Crippen LogP contribution in [0.15, 0.2) is 24.3 Å². The van der Waals surface area contributed by atoms with Crippen LogP contribution in [0.4, 0.5) is 0 Å². The molecule has 1 atom stereocenters. The number of halogens is 1. The van der Waals surface area contributed by atoms with E-state index in [9.17, 15) is 9.90 Å². The number of hydrogen-bond donors (Lipinski definition) is 4. The van der Waals surface area contributed by atoms with Gasteiger partial charge < -0.3 is 25.8 Å². The minimum atomic E-state index is -1.34. The quantitative estimate of drug-likeness (QED) is 0.298. The molecule has 0 aliphatic carbocycles. The van der Waals surface area contributed by atoms with Gasteiger partial charge in [-0.1, -0.05) is 42.6 Å². The minimum absolute atomic E-state index is 0.244. The number of aliphatic carboxylic acids is 1. The number of nitrogens with two attached hydrogens (primary N) is 1. The highest BCUT2D eigenvalue weighted by atomic mass is 35.5. The van der Waals surface area contributed by atoms with Gasteiger partial charge in [-0.25, -0.2) is 0 Å². The third-order valence-corrected chi connectivity index (χ3v) is 6.04. The maximum atomic E-state index is 11.6. The first-order valence-corrected chi connectivity index (χ1v) is 10.7. The van der Waals surface area contributed by atoms with Crippen molar-refractivity contribution in [2.75, 3.05) is 32.7 Å². The second-order valence-electron chi connectivity index (χ2n) is 8.00. The van der Waals surface area contributed by atoms with Crippen LogP contribution in [-0.2, 0) is 11.3 Å². The van der Waals surface area contributed by atoms with Crippen LogP contribution in [0, 0.1) is 0 Å². The van der Waals surface area contributed by atoms with Gasteiger partial charge in [-0.2, -0.15) is 0 Å². The number of carboxylic acid groups (broad SMARTS) is 1. The smallest absolute Gasteiger partial charge is 0.451 e. The second-order valence-corrected chi connectivity index (χ2v) is 8.41. The van der Waals surface area contributed by atoms with Gasteiger partial charge in [0.1, 0.15) is 5.54 Å². The van der Waals surface area contributed by atoms with E-state index in [0.717, 1.165) is 56.3 Å². The fourth-order valence-electron chi connectivity index (χ4n) is 3.76. The Kier molecular flexibility index (Phi) is 9.88. The lowest BCUT2D eigenvalue weighted by Gasteiger charge is -2.35. The molecule has 1 heterocycles. The van der Waals surface area contributed by atoms with E-state index in [1.165, 1.54) is 0 Å². The Morgan fingerprint density at radius 1 is 1.07 bits per heavy atom. The number of benzene rings is 1. The number of carbonyl (C=O) groups is 1. The van der Waals surface area contributed by atoms with Gasteiger partial charge in [0.25, 0.3) is 0 Å². The lowest BCUT2D eigenvalue weighted by atomic mass is 9.81. The molecule has 1 aliphatic heterocycles. The van der Waals surface area contributed by atoms with E-state index in [2.05, 4.69) is 15.9 Å². The van der Waals surface area contributed by atoms with Crippen molar-refractivity contribution < 1.29 is 19.9 Å². The molecule has 0 radical (unpaired) electrons. The Hall–Kier alpha value is -1.16. The van der Waals surface area contributed by atoms with Crippen LogP contribution in [0.2, 0.25) is 11.3 Å². The summed E-state index contributed by atoms with van der Waals surface area (Å²) in [7, 11) is -1.34. The molecule has 1 saturated heterocycles. The zero-order valence-corrected chi connectivity index (χ0v) is 17.7. The molecule has 2 rings (SSSR count). The molecular weight excluding hydrogens is 393 g/mol. The molecule has 1 unspecified atom stereocenters. The number of carboxylic acids is 1. The van der Waals surface area contributed by atoms with Crippen molar-refractivity contribution in [2.45, 2.75) is 50.5 Å². The summed E-state index contributed by atoms with van der Waals surface area (Å²) in [6.45, 7) is 5.50. The van der Waals surface area contributed by atoms with Crippen LogP contribution in [0.3, 0.4) is 0 Å². The Balaban J connectivity index is 1.69. The topological polar surface area (TPSA) is 110 Å². The summed E-state index contributed by atoms with van der Waals surface area (Å²) in [6, 6.07) is 7.92. The average molecular weight is 426 g/mol. The second kappa shape index (κ2) is 11.9. The van der Waals surface area contributed by atoms with Crippen LogP contribution < -0.4 is 5.73 Å². The lowest BCUT2D eigenvalue weighted by Crippen LogP contribution is -2.49. The molecule has 162 valence electrons. The monoisotopic (exact) mass is 425 g/mol. The maximum Gasteiger partial charge on any atom is 0.451 e. The zero-order valence-electron chi connectivity index (χ0n) is 17.0. The van der Waals surface area contributed by atoms with Crippen molar-refractivity contribution in [2.24, 2.45) is 5.73 Å². The molecule has 1 aromatic carbocycles. The summed E-state index contributed by atoms with van der Waals surface area (Å²) in [5.41, 5.74) is 6.03. The Labute approximate surface area is 178 Å². The fourth-order valence-corrected chi connectivity index (χ4v) is 3.96. The molecule has 0 amide bonds. The molecule has 9 heteroatoms. The number of hydrogen-bond acceptors (Lipinski definition) is 6. The molecule has 5 N–H and O–H groups in total. The van der Waals surface area contributed by atoms with Gasteiger partial charge in [0.2, 0.25) is 0 Å². The van der Waals surface area contributed by atoms with Crippen molar-refractivity contribution in [1.82, 2.24) is 9.80 Å². The van der Waals surface area contributed by atoms with Crippen LogP contribution >= 0.6 is 11.6 Å². The van der Waals surface area contributed by atoms with E-state index in [1.807, 2.05) is 18.2 Å². The zero-order chi connectivity index (χ0) is 21.3. The number of unbranched alkanes of at least 4 members (excludes halogenated alkanes) is 1. The third kappa shape index (κ3) is 8.24. The Morgan fingerprint density at radius 2 is 1.69 bits per heavy atom. The van der Waals surface area contributed by atoms with Crippen LogP contribution in [0.5, 0.6) is 0 Å². The molecule has 29 heavy (non-hydrogen) atoms. The van der Waals surface area contributed by atoms with Gasteiger partial charge in [0.15, 0.2) is 0 Å². The van der Waals surface area contributed by atoms with Gasteiger partial charge in [-0.15, -0.1) is 0 Å². The molecule has 1 aromatic rings. The molecule has 1 fully saturated rings. The SMILES string of the molecule is NC(CCCCB(O)O)(CCCN1CCN(Cc2ccccc2Cl)CC1)C(=O)O. The highest BCUT2D eigenvalue weighted by Crippen LogP contribution is 2.21. The van der Waals surface area contributed by atoms with E-state index in [1.54, 1.807) is 0 Å². The molecule has 0 spiro atoms. The first kappa shape index (κ1) is 24.1. The van der Waals surface area contributed by atoms with Crippen molar-refractivity contribution in [3.05, 3.63) is 34.9 Å². The van der Waals surface area contributed by atoms with E-state index in [0.29, 0.717) is 25.7 Å². The van der Waals surface area contributed by atoms with Crippen molar-refractivity contribution in [3.63, 3.8) is 0 Å². The van der Waals surface area contributed by atoms with Crippen molar-refractivity contribution in [1.29, 1.82) is 0 Å². The van der Waals surface area contributed by atoms with Gasteiger partial charge in [0, 0.05) is 37.7 Å². The summed E-state index contributed by atoms with van der Waals surface area (Å²) in [5.74, 6) is -0.980. The molecule has 0 saturated carbocycles. The highest BCUT2D eigenvalue weighted by Gasteiger charge is 2.33. The minimum Gasteiger partial charge on any atom is -0.480 e. The van der Waals surface area contributed by atoms with Gasteiger partial charge in [-0.3, -0.25) is 9.69 Å². The van der Waals surface area contributed by atoms with Gasteiger partial charge in [-0.05, 0) is 43.8 Å². The standard InChI is InChI=1S/C20H33BClN3O4/c22-18-7-2-1-6-17(18)16-25-14-12-24(13-15-25)11-5-9-20(23,19(26)27)8-3-4-10-21(28)29/h1-2,6-7,28-29H,3-5,8-16,23H2,(H,26,27). The van der Waals surface area contributed by atoms with E-state index < -0.39 is 18.6 Å². The summed E-state index contributed by atoms with van der Waals surface area (Å²) in [4.78, 5) is 16.4. The first-order chi connectivity index (χ1) is 13.8. The summed E-state index contributed by atoms with van der Waals surface area (Å²) >= 11 is 6.25. The van der Waals surface area contributed by atoms with E-state index in [-0.39, 0.29) is 6.32 Å². The van der Waals surface area contributed by atoms with Crippen LogP contribution in [0.1, 0.15) is 37.7 Å². The highest BCUT2D eigenvalue weighted by molar-refractivity contribution is 6.40. The Bertz CT molecular complexity index is 644. The van der Waals surface area contributed by atoms with Crippen LogP contribution in [-0.4, -0.2) is 76.3 Å². The van der Waals surface area contributed by atoms with E-state index >= 15 is 0 Å². The van der Waals surface area contributed by atoms with Crippen LogP contribution in [0.25, 0.3) is 0 Å². The third-order valence-electron chi connectivity index (χ3n) is 5.68. The summed E-state index contributed by atoms with van der Waals surface area (Å²) < 4.78 is 0. The first-order valence-electron chi connectivity index (χ1n) is 10.4. The fraction of sp³-hybridized carbons (Fsp3) is 0.650. The molecule has 0 bridgehead atoms. The van der Waals surface area contributed by atoms with E-state index in [4.69, 9.17) is 27.4 Å². The predicted octanol–water partition coefficient (Wildman–Crippen LogP) is 1.66. The molecular formula is C20H33BClN3O4. The predicted molar refractivity (Wildman–Crippen MR) is 116 cm³/mol. The summed E-state index contributed by atoms with van der Waals surface area (Å²) in [6.07, 6.45) is 2.87. The lowest BCUT2D eigenvalue weighted by molar-refractivity contribution is -0.144. The molecule has 1 aliphatic rings. The maximum absolute atomic E-state index is 11.6. The van der Waals surface area contributed by atoms with Gasteiger partial charge >= 0.3 is 13.1 Å². The summed E-state index contributed by atoms with van der Waals surface area (Å²) in [5, 5.41) is 28.1. The Morgan fingerprint density at radius 3 is 2.31 bits per heavy atom. The van der Waals surface area contributed by atoms with Crippen molar-refractivity contribution in [3.8, 4) is 0 Å². The average Bonchev–Trinajstić information content (AvgIpc) is 2.68. The largest absolute Gasteiger partial charge is 0.480 e. The normalized spacial score (nSPS) is 17.8. The number of rotatable bonds is 12. The molecule has 0 aromatic heterocycles. The van der Waals surface area contributed by atoms with Gasteiger partial charge in [0.05, 0.1) is 0 Å². The number of nitrogens with zero attached hydrogens (tertiary/aromatic N) is 2. The molecule has 7 nitrogen and oxygen atoms in total. The number of piperazine rings is 1. The van der Waals surface area contributed by atoms with Crippen molar-refractivity contribution >= 4 is 24.7 Å².